The van der Waals surface area contributed by atoms with Crippen LogP contribution in [-0.2, 0) is 0 Å². The Balaban J connectivity index is 1.65. The number of hydrogen-bond donors (Lipinski definition) is 1. The number of hydrogen-bond acceptors (Lipinski definition) is 6. The Morgan fingerprint density at radius 2 is 1.78 bits per heavy atom. The van der Waals surface area contributed by atoms with Gasteiger partial charge in [-0.2, -0.15) is 4.52 Å². The second-order valence-electron chi connectivity index (χ2n) is 4.84. The van der Waals surface area contributed by atoms with Crippen LogP contribution in [0.2, 0.25) is 0 Å². The molecule has 2 aromatic carbocycles. The van der Waals surface area contributed by atoms with Crippen LogP contribution in [-0.4, -0.2) is 26.9 Å². The third kappa shape index (κ3) is 2.62. The summed E-state index contributed by atoms with van der Waals surface area (Å²) in [7, 11) is 1.65. The van der Waals surface area contributed by atoms with Gasteiger partial charge in [0.2, 0.25) is 10.1 Å². The summed E-state index contributed by atoms with van der Waals surface area (Å²) in [4.78, 5) is 0.750. The van der Waals surface area contributed by atoms with E-state index in [9.17, 15) is 0 Å². The predicted octanol–water partition coefficient (Wildman–Crippen LogP) is 3.61. The molecule has 4 aromatic rings. The van der Waals surface area contributed by atoms with E-state index in [1.165, 1.54) is 11.3 Å². The van der Waals surface area contributed by atoms with Crippen molar-refractivity contribution in [1.29, 1.82) is 0 Å². The average Bonchev–Trinajstić information content (AvgIpc) is 3.16. The van der Waals surface area contributed by atoms with Gasteiger partial charge in [-0.1, -0.05) is 41.7 Å². The third-order valence-corrected chi connectivity index (χ3v) is 4.18. The fraction of sp³-hybridized carbons (Fsp3) is 0.0625. The molecule has 0 radical (unpaired) electrons. The van der Waals surface area contributed by atoms with Crippen LogP contribution < -0.4 is 10.1 Å². The van der Waals surface area contributed by atoms with Crippen LogP contribution in [0.25, 0.3) is 16.3 Å². The van der Waals surface area contributed by atoms with Crippen LogP contribution in [0.4, 0.5) is 10.8 Å². The van der Waals surface area contributed by atoms with Gasteiger partial charge in [-0.15, -0.1) is 15.3 Å². The van der Waals surface area contributed by atoms with Crippen LogP contribution in [0.1, 0.15) is 0 Å². The standard InChI is InChI=1S/C16H13N5OS/c1-22-13-9-7-12(8-10-13)17-15-20-21-14(18-19-16(21)23-15)11-5-3-2-4-6-11/h2-10H,1H3,(H,17,20). The molecule has 4 rings (SSSR count). The fourth-order valence-corrected chi connectivity index (χ4v) is 2.99. The zero-order valence-electron chi connectivity index (χ0n) is 12.3. The van der Waals surface area contributed by atoms with E-state index in [4.69, 9.17) is 4.74 Å². The summed E-state index contributed by atoms with van der Waals surface area (Å²) in [6.45, 7) is 0. The van der Waals surface area contributed by atoms with Crippen molar-refractivity contribution in [3.05, 3.63) is 54.6 Å². The fourth-order valence-electron chi connectivity index (χ4n) is 2.23. The molecule has 0 fully saturated rings. The number of rotatable bonds is 4. The number of fused-ring (bicyclic) bond motifs is 1. The number of anilines is 2. The van der Waals surface area contributed by atoms with Crippen molar-refractivity contribution < 1.29 is 4.74 Å². The molecule has 0 amide bonds. The van der Waals surface area contributed by atoms with Crippen molar-refractivity contribution >= 4 is 27.1 Å². The topological polar surface area (TPSA) is 64.3 Å². The van der Waals surface area contributed by atoms with Crippen molar-refractivity contribution in [2.24, 2.45) is 0 Å². The summed E-state index contributed by atoms with van der Waals surface area (Å²) in [5, 5.41) is 17.0. The Morgan fingerprint density at radius 3 is 2.52 bits per heavy atom. The van der Waals surface area contributed by atoms with E-state index in [1.54, 1.807) is 11.6 Å². The molecule has 0 saturated carbocycles. The zero-order valence-corrected chi connectivity index (χ0v) is 13.1. The molecule has 0 atom stereocenters. The summed E-state index contributed by atoms with van der Waals surface area (Å²) < 4.78 is 6.91. The number of ether oxygens (including phenoxy) is 1. The molecule has 0 aliphatic rings. The first-order chi connectivity index (χ1) is 11.3. The van der Waals surface area contributed by atoms with Crippen LogP contribution >= 0.6 is 11.3 Å². The van der Waals surface area contributed by atoms with Crippen LogP contribution in [0, 0.1) is 0 Å². The number of aromatic nitrogens is 4. The van der Waals surface area contributed by atoms with Crippen molar-refractivity contribution in [2.75, 3.05) is 12.4 Å². The number of benzene rings is 2. The largest absolute Gasteiger partial charge is 0.497 e. The van der Waals surface area contributed by atoms with Gasteiger partial charge in [-0.25, -0.2) is 0 Å². The van der Waals surface area contributed by atoms with Gasteiger partial charge < -0.3 is 10.1 Å². The lowest BCUT2D eigenvalue weighted by atomic mass is 10.2. The van der Waals surface area contributed by atoms with Gasteiger partial charge in [0, 0.05) is 11.3 Å². The van der Waals surface area contributed by atoms with Gasteiger partial charge in [0.1, 0.15) is 5.75 Å². The molecule has 7 heteroatoms. The summed E-state index contributed by atoms with van der Waals surface area (Å²) in [5.74, 6) is 1.56. The molecular weight excluding hydrogens is 310 g/mol. The SMILES string of the molecule is COc1ccc(Nc2nn3c(-c4ccccc4)nnc3s2)cc1. The van der Waals surface area contributed by atoms with E-state index in [0.717, 1.165) is 32.9 Å². The molecule has 0 spiro atoms. The van der Waals surface area contributed by atoms with E-state index < -0.39 is 0 Å². The Labute approximate surface area is 136 Å². The molecule has 0 unspecified atom stereocenters. The maximum Gasteiger partial charge on any atom is 0.236 e. The molecule has 2 heterocycles. The smallest absolute Gasteiger partial charge is 0.236 e. The minimum Gasteiger partial charge on any atom is -0.497 e. The molecule has 2 aromatic heterocycles. The predicted molar refractivity (Wildman–Crippen MR) is 90.4 cm³/mol. The zero-order chi connectivity index (χ0) is 15.6. The Hall–Kier alpha value is -2.93. The van der Waals surface area contributed by atoms with Crippen LogP contribution in [0.15, 0.2) is 54.6 Å². The number of nitrogens with one attached hydrogen (secondary N) is 1. The maximum atomic E-state index is 5.16. The minimum atomic E-state index is 0.736. The molecule has 0 aliphatic carbocycles. The van der Waals surface area contributed by atoms with Gasteiger partial charge in [0.05, 0.1) is 7.11 Å². The van der Waals surface area contributed by atoms with Crippen molar-refractivity contribution in [3.8, 4) is 17.1 Å². The highest BCUT2D eigenvalue weighted by Crippen LogP contribution is 2.26. The Kier molecular flexibility index (Phi) is 3.39. The molecule has 23 heavy (non-hydrogen) atoms. The highest BCUT2D eigenvalue weighted by atomic mass is 32.1. The lowest BCUT2D eigenvalue weighted by Gasteiger charge is -2.03. The van der Waals surface area contributed by atoms with E-state index in [1.807, 2.05) is 54.6 Å². The van der Waals surface area contributed by atoms with E-state index in [-0.39, 0.29) is 0 Å². The van der Waals surface area contributed by atoms with Gasteiger partial charge in [-0.05, 0) is 24.3 Å². The normalized spacial score (nSPS) is 10.8. The average molecular weight is 323 g/mol. The van der Waals surface area contributed by atoms with Crippen LogP contribution in [0.5, 0.6) is 5.75 Å². The molecule has 6 nitrogen and oxygen atoms in total. The highest BCUT2D eigenvalue weighted by Gasteiger charge is 2.13. The Morgan fingerprint density at radius 1 is 1.00 bits per heavy atom. The van der Waals surface area contributed by atoms with Gasteiger partial charge in [-0.3, -0.25) is 0 Å². The molecule has 114 valence electrons. The number of methoxy groups -OCH3 is 1. The first-order valence-electron chi connectivity index (χ1n) is 7.02. The molecule has 0 aliphatic heterocycles. The second kappa shape index (κ2) is 5.69. The molecule has 0 saturated heterocycles. The first-order valence-corrected chi connectivity index (χ1v) is 7.84. The van der Waals surface area contributed by atoms with E-state index in [0.29, 0.717) is 0 Å². The summed E-state index contributed by atoms with van der Waals surface area (Å²) in [6.07, 6.45) is 0. The van der Waals surface area contributed by atoms with Gasteiger partial charge in [0.25, 0.3) is 0 Å². The van der Waals surface area contributed by atoms with E-state index in [2.05, 4.69) is 20.6 Å². The van der Waals surface area contributed by atoms with E-state index >= 15 is 0 Å². The van der Waals surface area contributed by atoms with Crippen molar-refractivity contribution in [2.45, 2.75) is 0 Å². The summed E-state index contributed by atoms with van der Waals surface area (Å²) >= 11 is 1.45. The lowest BCUT2D eigenvalue weighted by molar-refractivity contribution is 0.415. The van der Waals surface area contributed by atoms with Crippen LogP contribution in [0.3, 0.4) is 0 Å². The molecular formula is C16H13N5OS. The molecule has 0 bridgehead atoms. The lowest BCUT2D eigenvalue weighted by Crippen LogP contribution is -1.94. The van der Waals surface area contributed by atoms with Gasteiger partial charge >= 0.3 is 0 Å². The minimum absolute atomic E-state index is 0.736. The first kappa shape index (κ1) is 13.7. The highest BCUT2D eigenvalue weighted by molar-refractivity contribution is 7.20. The van der Waals surface area contributed by atoms with Crippen molar-refractivity contribution in [3.63, 3.8) is 0 Å². The summed E-state index contributed by atoms with van der Waals surface area (Å²) in [5.41, 5.74) is 1.93. The summed E-state index contributed by atoms with van der Waals surface area (Å²) in [6, 6.07) is 17.6. The quantitative estimate of drug-likeness (QED) is 0.621. The van der Waals surface area contributed by atoms with Gasteiger partial charge in [0.15, 0.2) is 5.82 Å². The monoisotopic (exact) mass is 323 g/mol. The third-order valence-electron chi connectivity index (χ3n) is 3.36. The second-order valence-corrected chi connectivity index (χ2v) is 5.80. The Bertz CT molecular complexity index is 930. The number of nitrogens with zero attached hydrogens (tertiary/aromatic N) is 4. The molecule has 1 N–H and O–H groups in total. The maximum absolute atomic E-state index is 5.16. The van der Waals surface area contributed by atoms with Crippen molar-refractivity contribution in [1.82, 2.24) is 19.8 Å².